The maximum Gasteiger partial charge on any atom is 0.307 e. The van der Waals surface area contributed by atoms with Crippen molar-refractivity contribution in [2.45, 2.75) is 6.42 Å². The van der Waals surface area contributed by atoms with Crippen molar-refractivity contribution in [3.05, 3.63) is 39.2 Å². The lowest BCUT2D eigenvalue weighted by Gasteiger charge is -2.03. The van der Waals surface area contributed by atoms with Crippen molar-refractivity contribution < 1.29 is 24.0 Å². The third kappa shape index (κ3) is 2.38. The number of carbonyl (C=O) groups excluding carboxylic acids is 1. The molecule has 6 nitrogen and oxygen atoms in total. The Bertz CT molecular complexity index is 471. The van der Waals surface area contributed by atoms with E-state index in [0.717, 1.165) is 6.07 Å². The van der Waals surface area contributed by atoms with Crippen LogP contribution < -0.4 is 0 Å². The number of carbonyl (C=O) groups is 2. The Kier molecular flexibility index (Phi) is 3.29. The zero-order valence-electron chi connectivity index (χ0n) is 7.84. The van der Waals surface area contributed by atoms with E-state index in [-0.39, 0.29) is 17.4 Å². The minimum Gasteiger partial charge on any atom is -0.481 e. The first-order valence-electron chi connectivity index (χ1n) is 4.09. The number of non-ortho nitro benzene ring substituents is 1. The molecule has 0 unspecified atom stereocenters. The molecular formula is C9H6FNO5. The molecule has 0 aliphatic heterocycles. The zero-order valence-corrected chi connectivity index (χ0v) is 7.84. The van der Waals surface area contributed by atoms with Gasteiger partial charge >= 0.3 is 5.97 Å². The van der Waals surface area contributed by atoms with Gasteiger partial charge in [0.2, 0.25) is 0 Å². The first-order valence-corrected chi connectivity index (χ1v) is 4.09. The van der Waals surface area contributed by atoms with Gasteiger partial charge in [0.25, 0.3) is 5.69 Å². The van der Waals surface area contributed by atoms with Crippen LogP contribution in [-0.4, -0.2) is 22.3 Å². The van der Waals surface area contributed by atoms with E-state index in [9.17, 15) is 24.1 Å². The smallest absolute Gasteiger partial charge is 0.307 e. The molecule has 0 atom stereocenters. The number of hydrogen-bond donors (Lipinski definition) is 1. The summed E-state index contributed by atoms with van der Waals surface area (Å²) in [5.41, 5.74) is -1.27. The van der Waals surface area contributed by atoms with E-state index in [1.807, 2.05) is 0 Å². The second-order valence-electron chi connectivity index (χ2n) is 2.94. The summed E-state index contributed by atoms with van der Waals surface area (Å²) in [6.45, 7) is 0. The predicted octanol–water partition coefficient (Wildman–Crippen LogP) is 1.17. The van der Waals surface area contributed by atoms with Crippen LogP contribution in [0.4, 0.5) is 10.1 Å². The van der Waals surface area contributed by atoms with Crippen molar-refractivity contribution in [1.29, 1.82) is 0 Å². The van der Waals surface area contributed by atoms with Gasteiger partial charge in [0.15, 0.2) is 6.29 Å². The fraction of sp³-hybridized carbons (Fsp3) is 0.111. The molecule has 0 fully saturated rings. The maximum absolute atomic E-state index is 13.3. The number of aliphatic carboxylic acids is 1. The fourth-order valence-electron chi connectivity index (χ4n) is 1.19. The molecule has 16 heavy (non-hydrogen) atoms. The Morgan fingerprint density at radius 2 is 2.19 bits per heavy atom. The molecule has 0 aliphatic rings. The normalized spacial score (nSPS) is 9.81. The van der Waals surface area contributed by atoms with Gasteiger partial charge in [0.05, 0.1) is 17.4 Å². The quantitative estimate of drug-likeness (QED) is 0.473. The molecule has 0 radical (unpaired) electrons. The number of carboxylic acid groups (broad SMARTS) is 1. The van der Waals surface area contributed by atoms with Crippen molar-refractivity contribution in [3.8, 4) is 0 Å². The van der Waals surface area contributed by atoms with Crippen LogP contribution in [0.2, 0.25) is 0 Å². The Morgan fingerprint density at radius 3 is 2.62 bits per heavy atom. The van der Waals surface area contributed by atoms with Gasteiger partial charge in [0, 0.05) is 17.2 Å². The molecular weight excluding hydrogens is 221 g/mol. The summed E-state index contributed by atoms with van der Waals surface area (Å²) in [6.07, 6.45) is -0.508. The molecule has 1 rings (SSSR count). The Balaban J connectivity index is 3.33. The minimum atomic E-state index is -1.32. The summed E-state index contributed by atoms with van der Waals surface area (Å²) >= 11 is 0. The van der Waals surface area contributed by atoms with Crippen LogP contribution in [0.1, 0.15) is 15.9 Å². The molecule has 0 saturated carbocycles. The molecule has 0 heterocycles. The van der Waals surface area contributed by atoms with E-state index in [0.29, 0.717) is 6.07 Å². The number of nitro benzene ring substituents is 1. The molecule has 84 valence electrons. The van der Waals surface area contributed by atoms with Gasteiger partial charge in [-0.2, -0.15) is 0 Å². The summed E-state index contributed by atoms with van der Waals surface area (Å²) < 4.78 is 13.3. The average molecular weight is 227 g/mol. The molecule has 0 saturated heterocycles. The standard InChI is InChI=1S/C9H6FNO5/c10-8-2-6(11(15)16)1-5(4-12)7(8)3-9(13)14/h1-2,4H,3H2,(H,13,14). The predicted molar refractivity (Wildman–Crippen MR) is 49.8 cm³/mol. The van der Waals surface area contributed by atoms with Gasteiger partial charge in [-0.1, -0.05) is 0 Å². The highest BCUT2D eigenvalue weighted by Crippen LogP contribution is 2.21. The van der Waals surface area contributed by atoms with E-state index in [4.69, 9.17) is 5.11 Å². The second-order valence-corrected chi connectivity index (χ2v) is 2.94. The van der Waals surface area contributed by atoms with Crippen molar-refractivity contribution in [1.82, 2.24) is 0 Å². The molecule has 1 aromatic carbocycles. The van der Waals surface area contributed by atoms with Gasteiger partial charge in [-0.3, -0.25) is 19.7 Å². The van der Waals surface area contributed by atoms with Gasteiger partial charge in [-0.25, -0.2) is 4.39 Å². The Morgan fingerprint density at radius 1 is 1.56 bits per heavy atom. The highest BCUT2D eigenvalue weighted by Gasteiger charge is 2.18. The van der Waals surface area contributed by atoms with Crippen LogP contribution in [0.15, 0.2) is 12.1 Å². The molecule has 0 aliphatic carbocycles. The maximum atomic E-state index is 13.3. The molecule has 7 heteroatoms. The topological polar surface area (TPSA) is 97.5 Å². The van der Waals surface area contributed by atoms with Gasteiger partial charge < -0.3 is 5.11 Å². The van der Waals surface area contributed by atoms with Crippen molar-refractivity contribution >= 4 is 17.9 Å². The average Bonchev–Trinajstić information content (AvgIpc) is 2.19. The summed E-state index contributed by atoms with van der Waals surface area (Å²) in [7, 11) is 0. The number of nitro groups is 1. The van der Waals surface area contributed by atoms with E-state index in [2.05, 4.69) is 0 Å². The highest BCUT2D eigenvalue weighted by atomic mass is 19.1. The SMILES string of the molecule is O=Cc1cc([N+](=O)[O-])cc(F)c1CC(=O)O. The Labute approximate surface area is 88.5 Å². The van der Waals surface area contributed by atoms with Crippen LogP contribution >= 0.6 is 0 Å². The van der Waals surface area contributed by atoms with Crippen molar-refractivity contribution in [3.63, 3.8) is 0 Å². The second kappa shape index (κ2) is 4.47. The first kappa shape index (κ1) is 11.8. The summed E-state index contributed by atoms with van der Waals surface area (Å²) in [5, 5.41) is 18.8. The molecule has 0 spiro atoms. The van der Waals surface area contributed by atoms with E-state index >= 15 is 0 Å². The lowest BCUT2D eigenvalue weighted by Crippen LogP contribution is -2.07. The van der Waals surface area contributed by atoms with Gasteiger partial charge in [0.1, 0.15) is 5.82 Å². The fourth-order valence-corrected chi connectivity index (χ4v) is 1.19. The molecule has 1 aromatic rings. The van der Waals surface area contributed by atoms with Crippen molar-refractivity contribution in [2.24, 2.45) is 0 Å². The molecule has 0 bridgehead atoms. The highest BCUT2D eigenvalue weighted by molar-refractivity contribution is 5.82. The number of aldehydes is 1. The monoisotopic (exact) mass is 227 g/mol. The van der Waals surface area contributed by atoms with Crippen LogP contribution in [0.3, 0.4) is 0 Å². The van der Waals surface area contributed by atoms with Crippen LogP contribution in [-0.2, 0) is 11.2 Å². The molecule has 0 amide bonds. The number of benzene rings is 1. The third-order valence-corrected chi connectivity index (χ3v) is 1.88. The number of nitrogens with zero attached hydrogens (tertiary/aromatic N) is 1. The lowest BCUT2D eigenvalue weighted by molar-refractivity contribution is -0.385. The van der Waals surface area contributed by atoms with E-state index in [1.54, 1.807) is 0 Å². The molecule has 1 N–H and O–H groups in total. The van der Waals surface area contributed by atoms with Crippen LogP contribution in [0.25, 0.3) is 0 Å². The number of rotatable bonds is 4. The van der Waals surface area contributed by atoms with Gasteiger partial charge in [-0.15, -0.1) is 0 Å². The summed E-state index contributed by atoms with van der Waals surface area (Å²) in [6, 6.07) is 1.43. The van der Waals surface area contributed by atoms with Crippen LogP contribution in [0.5, 0.6) is 0 Å². The van der Waals surface area contributed by atoms with Crippen LogP contribution in [0, 0.1) is 15.9 Å². The Hall–Kier alpha value is -2.31. The first-order chi connectivity index (χ1) is 7.45. The van der Waals surface area contributed by atoms with E-state index < -0.39 is 28.8 Å². The summed E-state index contributed by atoms with van der Waals surface area (Å²) in [5.74, 6) is -2.39. The zero-order chi connectivity index (χ0) is 12.3. The lowest BCUT2D eigenvalue weighted by atomic mass is 10.0. The number of halogens is 1. The molecule has 0 aromatic heterocycles. The number of hydrogen-bond acceptors (Lipinski definition) is 4. The largest absolute Gasteiger partial charge is 0.481 e. The van der Waals surface area contributed by atoms with E-state index in [1.165, 1.54) is 0 Å². The van der Waals surface area contributed by atoms with Gasteiger partial charge in [-0.05, 0) is 0 Å². The number of carboxylic acids is 1. The van der Waals surface area contributed by atoms with Crippen molar-refractivity contribution in [2.75, 3.05) is 0 Å². The minimum absolute atomic E-state index is 0.189. The summed E-state index contributed by atoms with van der Waals surface area (Å²) in [4.78, 5) is 30.4. The third-order valence-electron chi connectivity index (χ3n) is 1.88.